The lowest BCUT2D eigenvalue weighted by Crippen LogP contribution is -2.43. The van der Waals surface area contributed by atoms with Gasteiger partial charge in [-0.1, -0.05) is 26.0 Å². The van der Waals surface area contributed by atoms with Gasteiger partial charge in [0.05, 0.1) is 13.7 Å². The van der Waals surface area contributed by atoms with Crippen LogP contribution in [-0.4, -0.2) is 42.8 Å². The molecule has 0 fully saturated rings. The van der Waals surface area contributed by atoms with Crippen molar-refractivity contribution in [1.82, 2.24) is 9.55 Å². The van der Waals surface area contributed by atoms with E-state index in [1.54, 1.807) is 7.11 Å². The van der Waals surface area contributed by atoms with Crippen LogP contribution in [0.3, 0.4) is 0 Å². The van der Waals surface area contributed by atoms with Gasteiger partial charge in [-0.15, -0.1) is 0 Å². The molecule has 0 unspecified atom stereocenters. The number of H-pyrrole nitrogens is 1. The van der Waals surface area contributed by atoms with Crippen molar-refractivity contribution in [2.75, 3.05) is 38.0 Å². The molecule has 0 saturated heterocycles. The molecule has 0 spiro atoms. The molecular formula is C21H30N4O5. The summed E-state index contributed by atoms with van der Waals surface area (Å²) in [5.41, 5.74) is 5.84. The highest BCUT2D eigenvalue weighted by molar-refractivity contribution is 5.95. The molecule has 0 aliphatic heterocycles. The predicted molar refractivity (Wildman–Crippen MR) is 116 cm³/mol. The smallest absolute Gasteiger partial charge is 0.330 e. The fraction of sp³-hybridized carbons (Fsp3) is 0.476. The summed E-state index contributed by atoms with van der Waals surface area (Å²) in [6, 6.07) is 7.42. The summed E-state index contributed by atoms with van der Waals surface area (Å²) in [6.45, 7) is 4.55. The highest BCUT2D eigenvalue weighted by atomic mass is 16.5. The van der Waals surface area contributed by atoms with Crippen LogP contribution in [0.25, 0.3) is 0 Å². The van der Waals surface area contributed by atoms with Gasteiger partial charge in [0, 0.05) is 26.6 Å². The maximum atomic E-state index is 13.0. The summed E-state index contributed by atoms with van der Waals surface area (Å²) in [4.78, 5) is 41.4. The number of nitrogens with one attached hydrogen (secondary N) is 1. The quantitative estimate of drug-likeness (QED) is 0.602. The molecule has 0 atom stereocenters. The van der Waals surface area contributed by atoms with Gasteiger partial charge in [0.2, 0.25) is 5.91 Å². The van der Waals surface area contributed by atoms with E-state index in [1.807, 2.05) is 38.1 Å². The van der Waals surface area contributed by atoms with Gasteiger partial charge in [-0.3, -0.25) is 19.1 Å². The number of carbonyl (C=O) groups is 1. The van der Waals surface area contributed by atoms with Crippen molar-refractivity contribution >= 4 is 17.4 Å². The van der Waals surface area contributed by atoms with E-state index in [9.17, 15) is 14.4 Å². The van der Waals surface area contributed by atoms with Gasteiger partial charge >= 0.3 is 5.69 Å². The van der Waals surface area contributed by atoms with E-state index in [0.717, 1.165) is 11.3 Å². The molecule has 0 radical (unpaired) electrons. The molecule has 1 heterocycles. The molecule has 0 bridgehead atoms. The van der Waals surface area contributed by atoms with Crippen molar-refractivity contribution in [1.29, 1.82) is 0 Å². The molecule has 1 amide bonds. The average molecular weight is 418 g/mol. The summed E-state index contributed by atoms with van der Waals surface area (Å²) < 4.78 is 11.5. The summed E-state index contributed by atoms with van der Waals surface area (Å²) >= 11 is 0. The maximum absolute atomic E-state index is 13.0. The molecule has 0 aliphatic rings. The zero-order valence-electron chi connectivity index (χ0n) is 17.9. The Bertz CT molecular complexity index is 963. The number of nitrogen functional groups attached to an aromatic ring is 1. The van der Waals surface area contributed by atoms with Crippen molar-refractivity contribution in [3.8, 4) is 5.75 Å². The standard InChI is InChI=1S/C21H30N4O5/c1-14(2)13-25-19(22)18(20(27)23-21(25)28)24(11-12-29-3)17(26)10-7-15-5-8-16(30-4)9-6-15/h5-6,8-9,14H,7,10-13,22H2,1-4H3,(H,23,27,28). The van der Waals surface area contributed by atoms with Gasteiger partial charge in [-0.2, -0.15) is 0 Å². The van der Waals surface area contributed by atoms with Crippen LogP contribution in [0.5, 0.6) is 5.75 Å². The van der Waals surface area contributed by atoms with Crippen LogP contribution < -0.4 is 26.6 Å². The van der Waals surface area contributed by atoms with Gasteiger partial charge < -0.3 is 20.1 Å². The number of aromatic amines is 1. The number of hydrogen-bond donors (Lipinski definition) is 2. The molecule has 2 aromatic rings. The molecular weight excluding hydrogens is 388 g/mol. The number of aryl methyl sites for hydroxylation is 1. The van der Waals surface area contributed by atoms with Crippen molar-refractivity contribution in [2.45, 2.75) is 33.2 Å². The van der Waals surface area contributed by atoms with Gasteiger partial charge in [-0.05, 0) is 30.0 Å². The third-order valence-corrected chi connectivity index (χ3v) is 4.64. The minimum Gasteiger partial charge on any atom is -0.497 e. The second kappa shape index (κ2) is 10.6. The summed E-state index contributed by atoms with van der Waals surface area (Å²) in [7, 11) is 3.10. The van der Waals surface area contributed by atoms with Crippen LogP contribution >= 0.6 is 0 Å². The normalized spacial score (nSPS) is 11.0. The molecule has 2 rings (SSSR count). The van der Waals surface area contributed by atoms with E-state index in [1.165, 1.54) is 16.6 Å². The number of carbonyl (C=O) groups excluding carboxylic acids is 1. The van der Waals surface area contributed by atoms with Gasteiger partial charge in [-0.25, -0.2) is 4.79 Å². The third kappa shape index (κ3) is 5.73. The first kappa shape index (κ1) is 23.2. The number of hydrogen-bond acceptors (Lipinski definition) is 6. The average Bonchev–Trinajstić information content (AvgIpc) is 2.71. The second-order valence-electron chi connectivity index (χ2n) is 7.38. The summed E-state index contributed by atoms with van der Waals surface area (Å²) in [5, 5.41) is 0. The van der Waals surface area contributed by atoms with Crippen LogP contribution in [0.15, 0.2) is 33.9 Å². The number of aromatic nitrogens is 2. The monoisotopic (exact) mass is 418 g/mol. The van der Waals surface area contributed by atoms with Crippen LogP contribution in [0.2, 0.25) is 0 Å². The number of methoxy groups -OCH3 is 2. The minimum atomic E-state index is -0.689. The van der Waals surface area contributed by atoms with E-state index in [0.29, 0.717) is 13.0 Å². The van der Waals surface area contributed by atoms with Gasteiger partial charge in [0.15, 0.2) is 5.69 Å². The van der Waals surface area contributed by atoms with Crippen LogP contribution in [0, 0.1) is 5.92 Å². The van der Waals surface area contributed by atoms with Gasteiger partial charge in [0.1, 0.15) is 11.6 Å². The molecule has 1 aromatic carbocycles. The Morgan fingerprint density at radius 3 is 2.43 bits per heavy atom. The highest BCUT2D eigenvalue weighted by Gasteiger charge is 2.24. The molecule has 1 aromatic heterocycles. The van der Waals surface area contributed by atoms with E-state index in [2.05, 4.69) is 4.98 Å². The highest BCUT2D eigenvalue weighted by Crippen LogP contribution is 2.20. The lowest BCUT2D eigenvalue weighted by atomic mass is 10.1. The van der Waals surface area contributed by atoms with Crippen molar-refractivity contribution in [2.24, 2.45) is 5.92 Å². The summed E-state index contributed by atoms with van der Waals surface area (Å²) in [5.74, 6) is 0.557. The Morgan fingerprint density at radius 2 is 1.87 bits per heavy atom. The Balaban J connectivity index is 2.32. The number of ether oxygens (including phenoxy) is 2. The molecule has 9 nitrogen and oxygen atoms in total. The molecule has 0 aliphatic carbocycles. The zero-order valence-corrected chi connectivity index (χ0v) is 17.9. The number of benzene rings is 1. The molecule has 30 heavy (non-hydrogen) atoms. The number of rotatable bonds is 10. The number of amides is 1. The third-order valence-electron chi connectivity index (χ3n) is 4.64. The van der Waals surface area contributed by atoms with E-state index in [4.69, 9.17) is 15.2 Å². The Labute approximate surface area is 175 Å². The molecule has 9 heteroatoms. The first-order chi connectivity index (χ1) is 14.3. The lowest BCUT2D eigenvalue weighted by molar-refractivity contribution is -0.118. The van der Waals surface area contributed by atoms with Crippen molar-refractivity contribution in [3.05, 3.63) is 50.7 Å². The largest absolute Gasteiger partial charge is 0.497 e. The van der Waals surface area contributed by atoms with E-state index < -0.39 is 11.2 Å². The summed E-state index contributed by atoms with van der Waals surface area (Å²) in [6.07, 6.45) is 0.647. The second-order valence-corrected chi connectivity index (χ2v) is 7.38. The molecule has 164 valence electrons. The number of nitrogens with zero attached hydrogens (tertiary/aromatic N) is 2. The zero-order chi connectivity index (χ0) is 22.3. The van der Waals surface area contributed by atoms with Crippen LogP contribution in [0.4, 0.5) is 11.5 Å². The van der Waals surface area contributed by atoms with Crippen molar-refractivity contribution in [3.63, 3.8) is 0 Å². The lowest BCUT2D eigenvalue weighted by Gasteiger charge is -2.24. The fourth-order valence-corrected chi connectivity index (χ4v) is 3.11. The Kier molecular flexibility index (Phi) is 8.23. The molecule has 0 saturated carbocycles. The van der Waals surface area contributed by atoms with E-state index in [-0.39, 0.29) is 42.9 Å². The first-order valence-electron chi connectivity index (χ1n) is 9.83. The van der Waals surface area contributed by atoms with Crippen LogP contribution in [-0.2, 0) is 22.5 Å². The maximum Gasteiger partial charge on any atom is 0.330 e. The number of anilines is 2. The number of nitrogens with two attached hydrogens (primary N) is 1. The van der Waals surface area contributed by atoms with Crippen molar-refractivity contribution < 1.29 is 14.3 Å². The fourth-order valence-electron chi connectivity index (χ4n) is 3.11. The SMILES string of the molecule is COCCN(C(=O)CCc1ccc(OC)cc1)c1c(N)n(CC(C)C)c(=O)[nH]c1=O. The Morgan fingerprint density at radius 1 is 1.20 bits per heavy atom. The van der Waals surface area contributed by atoms with Gasteiger partial charge in [0.25, 0.3) is 5.56 Å². The van der Waals surface area contributed by atoms with Crippen LogP contribution in [0.1, 0.15) is 25.8 Å². The van der Waals surface area contributed by atoms with E-state index >= 15 is 0 Å². The Hall–Kier alpha value is -3.07. The first-order valence-corrected chi connectivity index (χ1v) is 9.83. The predicted octanol–water partition coefficient (Wildman–Crippen LogP) is 1.40. The topological polar surface area (TPSA) is 120 Å². The minimum absolute atomic E-state index is 0.0213. The molecule has 3 N–H and O–H groups in total.